The summed E-state index contributed by atoms with van der Waals surface area (Å²) in [6.45, 7) is 1.42. The molecule has 0 bridgehead atoms. The Balaban J connectivity index is 1.51. The number of anilines is 1. The minimum absolute atomic E-state index is 0.237. The van der Waals surface area contributed by atoms with Crippen LogP contribution in [0.1, 0.15) is 29.5 Å². The molecule has 0 aliphatic carbocycles. The van der Waals surface area contributed by atoms with Crippen molar-refractivity contribution in [1.29, 1.82) is 0 Å². The maximum absolute atomic E-state index is 12.3. The lowest BCUT2D eigenvalue weighted by Crippen LogP contribution is -2.25. The van der Waals surface area contributed by atoms with Gasteiger partial charge in [-0.05, 0) is 41.7 Å². The molecule has 2 aromatic carbocycles. The molecule has 0 aromatic heterocycles. The maximum Gasteiger partial charge on any atom is 0.223 e. The number of aryl methyl sites for hydroxylation is 1. The lowest BCUT2D eigenvalue weighted by molar-refractivity contribution is -0.131. The normalized spacial score (nSPS) is 13.2. The molecule has 0 saturated heterocycles. The van der Waals surface area contributed by atoms with Crippen LogP contribution in [0.3, 0.4) is 0 Å². The third kappa shape index (κ3) is 3.24. The van der Waals surface area contributed by atoms with Crippen LogP contribution in [-0.2, 0) is 24.3 Å². The topological polar surface area (TPSA) is 46.3 Å². The number of nitrogens with two attached hydrogens (primary N) is 1. The van der Waals surface area contributed by atoms with E-state index >= 15 is 0 Å². The SMILES string of the molecule is Nc1ccc2c(c1)CN(C(=O)CCCc1ccccc1)C2. The van der Waals surface area contributed by atoms with Crippen molar-refractivity contribution in [2.75, 3.05) is 5.73 Å². The Hall–Kier alpha value is -2.29. The highest BCUT2D eigenvalue weighted by Gasteiger charge is 2.22. The predicted molar refractivity (Wildman–Crippen MR) is 84.5 cm³/mol. The number of benzene rings is 2. The van der Waals surface area contributed by atoms with Crippen LogP contribution in [0, 0.1) is 0 Å². The quantitative estimate of drug-likeness (QED) is 0.875. The zero-order valence-corrected chi connectivity index (χ0v) is 12.1. The predicted octanol–water partition coefficient (Wildman–Crippen LogP) is 3.13. The largest absolute Gasteiger partial charge is 0.399 e. The Kier molecular flexibility index (Phi) is 3.91. The number of nitrogen functional groups attached to an aromatic ring is 1. The fourth-order valence-corrected chi connectivity index (χ4v) is 2.84. The summed E-state index contributed by atoms with van der Waals surface area (Å²) >= 11 is 0. The molecule has 0 atom stereocenters. The minimum atomic E-state index is 0.237. The summed E-state index contributed by atoms with van der Waals surface area (Å²) in [4.78, 5) is 14.2. The molecule has 108 valence electrons. The van der Waals surface area contributed by atoms with E-state index in [1.807, 2.05) is 41.3 Å². The van der Waals surface area contributed by atoms with E-state index in [-0.39, 0.29) is 5.91 Å². The van der Waals surface area contributed by atoms with Crippen molar-refractivity contribution in [3.05, 3.63) is 65.2 Å². The Morgan fingerprint density at radius 2 is 1.81 bits per heavy atom. The van der Waals surface area contributed by atoms with Crippen molar-refractivity contribution < 1.29 is 4.79 Å². The number of fused-ring (bicyclic) bond motifs is 1. The lowest BCUT2D eigenvalue weighted by atomic mass is 10.1. The average Bonchev–Trinajstić information content (AvgIpc) is 2.91. The van der Waals surface area contributed by atoms with E-state index in [0.29, 0.717) is 13.0 Å². The number of rotatable bonds is 4. The van der Waals surface area contributed by atoms with Gasteiger partial charge in [0.2, 0.25) is 5.91 Å². The maximum atomic E-state index is 12.3. The van der Waals surface area contributed by atoms with Crippen molar-refractivity contribution in [1.82, 2.24) is 4.90 Å². The van der Waals surface area contributed by atoms with E-state index in [2.05, 4.69) is 12.1 Å². The van der Waals surface area contributed by atoms with Gasteiger partial charge >= 0.3 is 0 Å². The molecule has 0 saturated carbocycles. The molecule has 2 aromatic rings. The number of nitrogens with zero attached hydrogens (tertiary/aromatic N) is 1. The summed E-state index contributed by atoms with van der Waals surface area (Å²) in [5.41, 5.74) is 10.3. The number of carbonyl (C=O) groups is 1. The molecule has 1 amide bonds. The number of carbonyl (C=O) groups excluding carboxylic acids is 1. The van der Waals surface area contributed by atoms with Crippen LogP contribution in [0.25, 0.3) is 0 Å². The van der Waals surface area contributed by atoms with Crippen molar-refractivity contribution in [3.63, 3.8) is 0 Å². The van der Waals surface area contributed by atoms with Crippen LogP contribution in [0.4, 0.5) is 5.69 Å². The van der Waals surface area contributed by atoms with Crippen LogP contribution in [0.5, 0.6) is 0 Å². The Labute approximate surface area is 125 Å². The second-order valence-corrected chi connectivity index (χ2v) is 5.62. The lowest BCUT2D eigenvalue weighted by Gasteiger charge is -2.15. The molecule has 1 aliphatic rings. The highest BCUT2D eigenvalue weighted by molar-refractivity contribution is 5.77. The first kappa shape index (κ1) is 13.7. The third-order valence-electron chi connectivity index (χ3n) is 4.00. The molecular formula is C18H20N2O. The summed E-state index contributed by atoms with van der Waals surface area (Å²) < 4.78 is 0. The summed E-state index contributed by atoms with van der Waals surface area (Å²) in [6, 6.07) is 16.2. The van der Waals surface area contributed by atoms with Gasteiger partial charge in [-0.15, -0.1) is 0 Å². The van der Waals surface area contributed by atoms with Crippen LogP contribution in [-0.4, -0.2) is 10.8 Å². The van der Waals surface area contributed by atoms with Crippen molar-refractivity contribution in [2.45, 2.75) is 32.4 Å². The van der Waals surface area contributed by atoms with Gasteiger partial charge < -0.3 is 10.6 Å². The van der Waals surface area contributed by atoms with Gasteiger partial charge in [0.1, 0.15) is 0 Å². The van der Waals surface area contributed by atoms with Crippen molar-refractivity contribution >= 4 is 11.6 Å². The zero-order chi connectivity index (χ0) is 14.7. The molecule has 0 fully saturated rings. The highest BCUT2D eigenvalue weighted by atomic mass is 16.2. The van der Waals surface area contributed by atoms with Gasteiger partial charge in [-0.1, -0.05) is 36.4 Å². The molecule has 1 heterocycles. The second kappa shape index (κ2) is 6.00. The molecule has 21 heavy (non-hydrogen) atoms. The van der Waals surface area contributed by atoms with E-state index in [9.17, 15) is 4.79 Å². The van der Waals surface area contributed by atoms with Gasteiger partial charge in [0.05, 0.1) is 0 Å². The van der Waals surface area contributed by atoms with Crippen LogP contribution in [0.2, 0.25) is 0 Å². The highest BCUT2D eigenvalue weighted by Crippen LogP contribution is 2.25. The summed E-state index contributed by atoms with van der Waals surface area (Å²) in [5.74, 6) is 0.237. The standard InChI is InChI=1S/C18H20N2O/c19-17-10-9-15-12-20(13-16(15)11-17)18(21)8-4-7-14-5-2-1-3-6-14/h1-3,5-6,9-11H,4,7-8,12-13,19H2. The van der Waals surface area contributed by atoms with E-state index < -0.39 is 0 Å². The fraction of sp³-hybridized carbons (Fsp3) is 0.278. The minimum Gasteiger partial charge on any atom is -0.399 e. The Morgan fingerprint density at radius 3 is 2.62 bits per heavy atom. The summed E-state index contributed by atoms with van der Waals surface area (Å²) in [7, 11) is 0. The van der Waals surface area contributed by atoms with Gasteiger partial charge in [-0.3, -0.25) is 4.79 Å². The van der Waals surface area contributed by atoms with E-state index in [1.165, 1.54) is 16.7 Å². The number of amides is 1. The van der Waals surface area contributed by atoms with Crippen molar-refractivity contribution in [3.8, 4) is 0 Å². The summed E-state index contributed by atoms with van der Waals surface area (Å²) in [5, 5.41) is 0. The van der Waals surface area contributed by atoms with Gasteiger partial charge in [0.25, 0.3) is 0 Å². The Morgan fingerprint density at radius 1 is 1.05 bits per heavy atom. The van der Waals surface area contributed by atoms with Gasteiger partial charge in [0.15, 0.2) is 0 Å². The number of hydrogen-bond acceptors (Lipinski definition) is 2. The van der Waals surface area contributed by atoms with Crippen molar-refractivity contribution in [2.24, 2.45) is 0 Å². The summed E-state index contributed by atoms with van der Waals surface area (Å²) in [6.07, 6.45) is 2.47. The van der Waals surface area contributed by atoms with Crippen LogP contribution in [0.15, 0.2) is 48.5 Å². The molecule has 3 nitrogen and oxygen atoms in total. The zero-order valence-electron chi connectivity index (χ0n) is 12.1. The molecule has 3 rings (SSSR count). The fourth-order valence-electron chi connectivity index (χ4n) is 2.84. The monoisotopic (exact) mass is 280 g/mol. The van der Waals surface area contributed by atoms with Crippen LogP contribution >= 0.6 is 0 Å². The second-order valence-electron chi connectivity index (χ2n) is 5.62. The van der Waals surface area contributed by atoms with E-state index in [0.717, 1.165) is 25.1 Å². The third-order valence-corrected chi connectivity index (χ3v) is 4.00. The molecular weight excluding hydrogens is 260 g/mol. The first-order valence-electron chi connectivity index (χ1n) is 7.41. The smallest absolute Gasteiger partial charge is 0.223 e. The molecule has 3 heteroatoms. The number of hydrogen-bond donors (Lipinski definition) is 1. The molecule has 0 spiro atoms. The van der Waals surface area contributed by atoms with Gasteiger partial charge in [0, 0.05) is 25.2 Å². The molecule has 2 N–H and O–H groups in total. The average molecular weight is 280 g/mol. The Bertz CT molecular complexity index is 637. The molecule has 0 unspecified atom stereocenters. The molecule has 1 aliphatic heterocycles. The first-order valence-corrected chi connectivity index (χ1v) is 7.41. The first-order chi connectivity index (χ1) is 10.2. The van der Waals surface area contributed by atoms with E-state index in [4.69, 9.17) is 5.73 Å². The van der Waals surface area contributed by atoms with E-state index in [1.54, 1.807) is 0 Å². The molecule has 0 radical (unpaired) electrons. The van der Waals surface area contributed by atoms with Gasteiger partial charge in [-0.2, -0.15) is 0 Å². The van der Waals surface area contributed by atoms with Gasteiger partial charge in [-0.25, -0.2) is 0 Å². The van der Waals surface area contributed by atoms with Crippen LogP contribution < -0.4 is 5.73 Å².